The first-order valence-corrected chi connectivity index (χ1v) is 11.5. The zero-order valence-electron chi connectivity index (χ0n) is 21.7. The van der Waals surface area contributed by atoms with E-state index in [9.17, 15) is 14.4 Å². The van der Waals surface area contributed by atoms with Gasteiger partial charge in [-0.3, -0.25) is 29.3 Å². The monoisotopic (exact) mass is 465 g/mol. The van der Waals surface area contributed by atoms with E-state index in [1.54, 1.807) is 38.4 Å². The number of aromatic nitrogens is 1. The third-order valence-electron chi connectivity index (χ3n) is 5.93. The number of hydrazine groups is 1. The highest BCUT2D eigenvalue weighted by atomic mass is 16.5. The van der Waals surface area contributed by atoms with Crippen LogP contribution in [0.15, 0.2) is 24.5 Å². The summed E-state index contributed by atoms with van der Waals surface area (Å²) >= 11 is 0. The number of methoxy groups -OCH3 is 1. The van der Waals surface area contributed by atoms with Crippen LogP contribution in [-0.2, 0) is 14.3 Å². The van der Waals surface area contributed by atoms with Crippen molar-refractivity contribution in [3.05, 3.63) is 24.5 Å². The number of likely N-dealkylation sites (N-methyl/N-ethyl adjacent to an activating group) is 1. The molecule has 0 radical (unpaired) electrons. The predicted octanol–water partition coefficient (Wildman–Crippen LogP) is 2.13. The van der Waals surface area contributed by atoms with Crippen LogP contribution in [0.4, 0.5) is 0 Å². The van der Waals surface area contributed by atoms with E-state index in [4.69, 9.17) is 10.5 Å². The molecule has 0 spiro atoms. The number of nitrogens with two attached hydrogens (primary N) is 1. The van der Waals surface area contributed by atoms with Crippen molar-refractivity contribution in [3.8, 4) is 0 Å². The van der Waals surface area contributed by atoms with Crippen LogP contribution in [-0.4, -0.2) is 77.1 Å². The third kappa shape index (κ3) is 7.65. The van der Waals surface area contributed by atoms with Gasteiger partial charge in [0.25, 0.3) is 11.8 Å². The van der Waals surface area contributed by atoms with Gasteiger partial charge in [-0.1, -0.05) is 34.1 Å². The van der Waals surface area contributed by atoms with Crippen LogP contribution in [0.25, 0.3) is 0 Å². The lowest BCUT2D eigenvalue weighted by molar-refractivity contribution is -0.156. The Labute approximate surface area is 198 Å². The summed E-state index contributed by atoms with van der Waals surface area (Å²) in [5, 5.41) is 1.31. The maximum Gasteiger partial charge on any atom is 0.260 e. The maximum absolute atomic E-state index is 13.5. The summed E-state index contributed by atoms with van der Waals surface area (Å²) in [7, 11) is 5.16. The minimum Gasteiger partial charge on any atom is -0.379 e. The summed E-state index contributed by atoms with van der Waals surface area (Å²) in [4.78, 5) is 41.5. The van der Waals surface area contributed by atoms with Crippen molar-refractivity contribution in [2.45, 2.75) is 78.1 Å². The van der Waals surface area contributed by atoms with Gasteiger partial charge in [0.1, 0.15) is 0 Å². The summed E-state index contributed by atoms with van der Waals surface area (Å²) < 4.78 is 7.24. The minimum absolute atomic E-state index is 0.0124. The molecular weight excluding hydrogens is 422 g/mol. The molecule has 0 aliphatic carbocycles. The van der Waals surface area contributed by atoms with Crippen molar-refractivity contribution in [3.63, 3.8) is 0 Å². The normalized spacial score (nSPS) is 15.8. The summed E-state index contributed by atoms with van der Waals surface area (Å²) in [5.74, 6) is -1.00. The van der Waals surface area contributed by atoms with Gasteiger partial charge in [-0.15, -0.1) is 0 Å². The molecule has 188 valence electrons. The van der Waals surface area contributed by atoms with Gasteiger partial charge in [0, 0.05) is 19.5 Å². The maximum atomic E-state index is 13.5. The number of ether oxygens (including phenoxy) is 1. The molecule has 0 saturated carbocycles. The lowest BCUT2D eigenvalue weighted by atomic mass is 9.90. The highest BCUT2D eigenvalue weighted by Crippen LogP contribution is 2.24. The zero-order valence-corrected chi connectivity index (χ0v) is 21.7. The molecule has 4 atom stereocenters. The highest BCUT2D eigenvalue weighted by Gasteiger charge is 2.42. The zero-order chi connectivity index (χ0) is 25.5. The number of carbonyl (C=O) groups is 3. The Hall–Kier alpha value is -2.23. The second-order valence-electron chi connectivity index (χ2n) is 9.86. The molecule has 1 aromatic heterocycles. The van der Waals surface area contributed by atoms with E-state index in [0.717, 1.165) is 0 Å². The molecule has 9 heteroatoms. The van der Waals surface area contributed by atoms with E-state index in [-0.39, 0.29) is 30.1 Å². The Kier molecular flexibility index (Phi) is 10.7. The number of nitrogens with one attached hydrogen (secondary N) is 1. The van der Waals surface area contributed by atoms with Crippen molar-refractivity contribution in [1.82, 2.24) is 19.9 Å². The molecular formula is C24H43N5O4. The fourth-order valence-electron chi connectivity index (χ4n) is 4.04. The topological polar surface area (TPSA) is 110 Å². The average Bonchev–Trinajstić information content (AvgIpc) is 3.25. The smallest absolute Gasteiger partial charge is 0.260 e. The average molecular weight is 466 g/mol. The first kappa shape index (κ1) is 28.8. The second-order valence-corrected chi connectivity index (χ2v) is 9.86. The predicted molar refractivity (Wildman–Crippen MR) is 129 cm³/mol. The molecule has 2 amide bonds. The molecule has 1 aromatic rings. The largest absolute Gasteiger partial charge is 0.379 e. The molecule has 0 unspecified atom stereocenters. The van der Waals surface area contributed by atoms with Crippen LogP contribution in [0.2, 0.25) is 0 Å². The van der Waals surface area contributed by atoms with Gasteiger partial charge in [-0.25, -0.2) is 5.01 Å². The van der Waals surface area contributed by atoms with E-state index in [0.29, 0.717) is 6.42 Å². The first-order chi connectivity index (χ1) is 15.3. The van der Waals surface area contributed by atoms with Crippen LogP contribution in [0, 0.1) is 11.8 Å². The molecule has 0 bridgehead atoms. The molecule has 0 saturated heterocycles. The third-order valence-corrected chi connectivity index (χ3v) is 5.93. The van der Waals surface area contributed by atoms with Gasteiger partial charge in [0.05, 0.1) is 30.1 Å². The fraction of sp³-hybridized carbons (Fsp3) is 0.708. The summed E-state index contributed by atoms with van der Waals surface area (Å²) in [6, 6.07) is 2.48. The van der Waals surface area contributed by atoms with E-state index in [1.165, 1.54) is 16.7 Å². The number of rotatable bonds is 11. The summed E-state index contributed by atoms with van der Waals surface area (Å²) in [6.45, 7) is 11.1. The molecule has 0 aliphatic heterocycles. The van der Waals surface area contributed by atoms with Crippen molar-refractivity contribution in [1.29, 1.82) is 0 Å². The van der Waals surface area contributed by atoms with Gasteiger partial charge in [0.15, 0.2) is 0 Å². The Morgan fingerprint density at radius 3 is 2.06 bits per heavy atom. The molecule has 9 nitrogen and oxygen atoms in total. The van der Waals surface area contributed by atoms with Crippen molar-refractivity contribution in [2.75, 3.05) is 21.2 Å². The first-order valence-electron chi connectivity index (χ1n) is 11.5. The van der Waals surface area contributed by atoms with E-state index >= 15 is 0 Å². The lowest BCUT2D eigenvalue weighted by Gasteiger charge is -2.42. The molecule has 0 fully saturated rings. The number of hydrogen-bond acceptors (Lipinski definition) is 6. The van der Waals surface area contributed by atoms with Gasteiger partial charge >= 0.3 is 0 Å². The molecule has 0 aliphatic rings. The quantitative estimate of drug-likeness (QED) is 0.485. The molecule has 1 heterocycles. The van der Waals surface area contributed by atoms with Gasteiger partial charge in [-0.05, 0) is 51.9 Å². The lowest BCUT2D eigenvalue weighted by Crippen LogP contribution is -2.66. The number of hydrogen-bond donors (Lipinski definition) is 2. The van der Waals surface area contributed by atoms with Crippen LogP contribution < -0.4 is 11.2 Å². The number of carbonyl (C=O) groups excluding carboxylic acids is 3. The molecule has 1 rings (SSSR count). The Bertz CT molecular complexity index is 762. The summed E-state index contributed by atoms with van der Waals surface area (Å²) in [5.41, 5.74) is 7.79. The Morgan fingerprint density at radius 2 is 1.67 bits per heavy atom. The van der Waals surface area contributed by atoms with Gasteiger partial charge < -0.3 is 10.5 Å². The van der Waals surface area contributed by atoms with Crippen LogP contribution in [0.5, 0.6) is 0 Å². The fourth-order valence-corrected chi connectivity index (χ4v) is 4.04. The highest BCUT2D eigenvalue weighted by molar-refractivity contribution is 5.90. The standard InChI is InChI=1S/C24H43N5O4/c1-10-17(4)21(18(33-9)15-19(30)28-13-11-12-14-28)29(23(32)24(5,6)25)26-22(31)20(16(2)3)27(7)8/h11-14,16-18,20-21H,10,15,25H2,1-9H3,(H,26,31)/t17-,18+,20-,21-/m0/s1. The molecule has 0 aromatic carbocycles. The number of amides is 2. The Morgan fingerprint density at radius 1 is 1.12 bits per heavy atom. The van der Waals surface area contributed by atoms with Crippen LogP contribution in [0.1, 0.15) is 59.2 Å². The van der Waals surface area contributed by atoms with Crippen molar-refractivity contribution < 1.29 is 19.1 Å². The van der Waals surface area contributed by atoms with Gasteiger partial charge in [-0.2, -0.15) is 0 Å². The van der Waals surface area contributed by atoms with Crippen LogP contribution in [0.3, 0.4) is 0 Å². The minimum atomic E-state index is -1.24. The summed E-state index contributed by atoms with van der Waals surface area (Å²) in [6.07, 6.45) is 3.43. The van der Waals surface area contributed by atoms with Crippen molar-refractivity contribution >= 4 is 17.7 Å². The van der Waals surface area contributed by atoms with E-state index < -0.39 is 29.6 Å². The Balaban J connectivity index is 3.43. The van der Waals surface area contributed by atoms with Crippen molar-refractivity contribution in [2.24, 2.45) is 17.6 Å². The van der Waals surface area contributed by atoms with E-state index in [2.05, 4.69) is 5.43 Å². The van der Waals surface area contributed by atoms with E-state index in [1.807, 2.05) is 46.7 Å². The number of nitrogens with zero attached hydrogens (tertiary/aromatic N) is 3. The second kappa shape index (κ2) is 12.3. The molecule has 3 N–H and O–H groups in total. The molecule has 33 heavy (non-hydrogen) atoms. The SMILES string of the molecule is CC[C@H](C)[C@@H]([C@@H](CC(=O)n1cccc1)OC)N(NC(=O)[C@H](C(C)C)N(C)C)C(=O)C(C)(C)N. The van der Waals surface area contributed by atoms with Gasteiger partial charge in [0.2, 0.25) is 5.91 Å². The van der Waals surface area contributed by atoms with Crippen LogP contribution >= 0.6 is 0 Å².